The summed E-state index contributed by atoms with van der Waals surface area (Å²) in [6.45, 7) is 7.03. The maximum Gasteiger partial charge on any atom is 0.0452 e. The summed E-state index contributed by atoms with van der Waals surface area (Å²) in [5.41, 5.74) is 1.09. The average Bonchev–Trinajstić information content (AvgIpc) is 2.26. The molecule has 0 atom stereocenters. The molecule has 0 N–H and O–H groups in total. The van der Waals surface area contributed by atoms with Gasteiger partial charge in [-0.05, 0) is 23.7 Å². The van der Waals surface area contributed by atoms with Gasteiger partial charge in [0.25, 0.3) is 0 Å². The van der Waals surface area contributed by atoms with E-state index in [1.165, 1.54) is 5.56 Å². The molecule has 0 saturated heterocycles. The molecule has 0 amide bonds. The fourth-order valence-corrected chi connectivity index (χ4v) is 5.92. The Morgan fingerprint density at radius 2 is 1.47 bits per heavy atom. The Labute approximate surface area is 120 Å². The van der Waals surface area contributed by atoms with E-state index in [2.05, 4.69) is 19.6 Å². The molecule has 0 radical (unpaired) electrons. The Kier molecular flexibility index (Phi) is 5.39. The van der Waals surface area contributed by atoms with Crippen LogP contribution < -0.4 is 0 Å². The van der Waals surface area contributed by atoms with Gasteiger partial charge >= 0.3 is 0 Å². The summed E-state index contributed by atoms with van der Waals surface area (Å²) in [5.74, 6) is 1.12. The van der Waals surface area contributed by atoms with Gasteiger partial charge < -0.3 is 0 Å². The van der Waals surface area contributed by atoms with E-state index in [-0.39, 0.29) is 5.41 Å². The number of hydrogen-bond acceptors (Lipinski definition) is 0. The standard InChI is InChI=1S/C13H19Cl3Si/c1-17(2,3)10-13(8-14,9-15)11-4-6-12(16)7-5-11/h4-7H,8-10H2,1-3H3. The molecule has 1 aromatic rings. The normalized spacial score (nSPS) is 12.8. The molecule has 4 heteroatoms. The van der Waals surface area contributed by atoms with Gasteiger partial charge in [-0.2, -0.15) is 0 Å². The van der Waals surface area contributed by atoms with Crippen LogP contribution in [0.1, 0.15) is 5.56 Å². The first kappa shape index (κ1) is 15.4. The molecule has 0 aliphatic heterocycles. The van der Waals surface area contributed by atoms with E-state index in [9.17, 15) is 0 Å². The molecular weight excluding hydrogens is 291 g/mol. The number of rotatable bonds is 5. The van der Waals surface area contributed by atoms with Gasteiger partial charge in [0.15, 0.2) is 0 Å². The SMILES string of the molecule is C[Si](C)(C)CC(CCl)(CCl)c1ccc(Cl)cc1. The molecule has 0 aliphatic rings. The Morgan fingerprint density at radius 1 is 1.00 bits per heavy atom. The lowest BCUT2D eigenvalue weighted by atomic mass is 9.86. The second-order valence-electron chi connectivity index (χ2n) is 5.79. The van der Waals surface area contributed by atoms with E-state index in [1.807, 2.05) is 24.3 Å². The van der Waals surface area contributed by atoms with Crippen molar-refractivity contribution >= 4 is 42.9 Å². The van der Waals surface area contributed by atoms with Crippen LogP contribution in [0.5, 0.6) is 0 Å². The molecule has 0 aliphatic carbocycles. The van der Waals surface area contributed by atoms with Crippen molar-refractivity contribution in [2.24, 2.45) is 0 Å². The predicted octanol–water partition coefficient (Wildman–Crippen LogP) is 5.39. The molecule has 0 heterocycles. The topological polar surface area (TPSA) is 0 Å². The van der Waals surface area contributed by atoms with Gasteiger partial charge in [0, 0.05) is 30.3 Å². The third-order valence-corrected chi connectivity index (χ3v) is 5.85. The van der Waals surface area contributed by atoms with E-state index >= 15 is 0 Å². The van der Waals surface area contributed by atoms with Crippen LogP contribution in [0.4, 0.5) is 0 Å². The van der Waals surface area contributed by atoms with Crippen molar-refractivity contribution in [3.8, 4) is 0 Å². The maximum atomic E-state index is 6.21. The monoisotopic (exact) mass is 308 g/mol. The second-order valence-corrected chi connectivity index (χ2v) is 12.2. The van der Waals surface area contributed by atoms with E-state index in [0.717, 1.165) is 11.1 Å². The molecule has 0 saturated carbocycles. The number of benzene rings is 1. The zero-order chi connectivity index (χ0) is 13.1. The van der Waals surface area contributed by atoms with Crippen molar-refractivity contribution in [3.05, 3.63) is 34.9 Å². The highest BCUT2D eigenvalue weighted by atomic mass is 35.5. The predicted molar refractivity (Wildman–Crippen MR) is 82.7 cm³/mol. The Balaban J connectivity index is 3.10. The van der Waals surface area contributed by atoms with Crippen molar-refractivity contribution in [2.75, 3.05) is 11.8 Å². The fraction of sp³-hybridized carbons (Fsp3) is 0.538. The largest absolute Gasteiger partial charge is 0.126 e. The third kappa shape index (κ3) is 4.17. The first-order valence-electron chi connectivity index (χ1n) is 5.71. The van der Waals surface area contributed by atoms with E-state index < -0.39 is 8.07 Å². The molecule has 0 spiro atoms. The van der Waals surface area contributed by atoms with Crippen molar-refractivity contribution in [3.63, 3.8) is 0 Å². The highest BCUT2D eigenvalue weighted by molar-refractivity contribution is 6.76. The summed E-state index contributed by atoms with van der Waals surface area (Å²) in [7, 11) is -1.23. The summed E-state index contributed by atoms with van der Waals surface area (Å²) in [6.07, 6.45) is 0. The molecule has 1 rings (SSSR count). The van der Waals surface area contributed by atoms with Gasteiger partial charge in [0.1, 0.15) is 0 Å². The second kappa shape index (κ2) is 5.97. The minimum absolute atomic E-state index is 0.113. The summed E-state index contributed by atoms with van der Waals surface area (Å²) >= 11 is 18.3. The third-order valence-electron chi connectivity index (χ3n) is 2.84. The summed E-state index contributed by atoms with van der Waals surface area (Å²) in [6, 6.07) is 9.01. The van der Waals surface area contributed by atoms with Gasteiger partial charge in [-0.25, -0.2) is 0 Å². The minimum Gasteiger partial charge on any atom is -0.126 e. The Bertz CT molecular complexity index is 350. The summed E-state index contributed by atoms with van der Waals surface area (Å²) < 4.78 is 0. The highest BCUT2D eigenvalue weighted by Crippen LogP contribution is 2.36. The van der Waals surface area contributed by atoms with E-state index in [1.54, 1.807) is 0 Å². The number of halogens is 3. The van der Waals surface area contributed by atoms with Crippen molar-refractivity contribution < 1.29 is 0 Å². The minimum atomic E-state index is -1.23. The first-order valence-corrected chi connectivity index (χ1v) is 10.9. The van der Waals surface area contributed by atoms with Gasteiger partial charge in [-0.15, -0.1) is 23.2 Å². The molecule has 0 bridgehead atoms. The quantitative estimate of drug-likeness (QED) is 0.505. The van der Waals surface area contributed by atoms with Crippen molar-refractivity contribution in [2.45, 2.75) is 31.1 Å². The van der Waals surface area contributed by atoms with E-state index in [4.69, 9.17) is 34.8 Å². The average molecular weight is 310 g/mol. The zero-order valence-electron chi connectivity index (χ0n) is 10.6. The van der Waals surface area contributed by atoms with Crippen LogP contribution in [0, 0.1) is 0 Å². The first-order chi connectivity index (χ1) is 7.83. The molecule has 0 unspecified atom stereocenters. The lowest BCUT2D eigenvalue weighted by Gasteiger charge is -2.35. The molecule has 0 fully saturated rings. The lowest BCUT2D eigenvalue weighted by Crippen LogP contribution is -2.39. The number of hydrogen-bond donors (Lipinski definition) is 0. The van der Waals surface area contributed by atoms with Crippen molar-refractivity contribution in [1.82, 2.24) is 0 Å². The molecule has 96 valence electrons. The van der Waals surface area contributed by atoms with Gasteiger partial charge in [-0.1, -0.05) is 43.4 Å². The molecule has 17 heavy (non-hydrogen) atoms. The summed E-state index contributed by atoms with van der Waals surface area (Å²) in [5, 5.41) is 0.750. The van der Waals surface area contributed by atoms with Crippen molar-refractivity contribution in [1.29, 1.82) is 0 Å². The molecule has 0 aromatic heterocycles. The molecular formula is C13H19Cl3Si. The van der Waals surface area contributed by atoms with E-state index in [0.29, 0.717) is 11.8 Å². The van der Waals surface area contributed by atoms with Gasteiger partial charge in [-0.3, -0.25) is 0 Å². The highest BCUT2D eigenvalue weighted by Gasteiger charge is 2.35. The Hall–Kier alpha value is 0.307. The van der Waals surface area contributed by atoms with Crippen LogP contribution in [0.15, 0.2) is 24.3 Å². The molecule has 0 nitrogen and oxygen atoms in total. The zero-order valence-corrected chi connectivity index (χ0v) is 13.8. The molecule has 1 aromatic carbocycles. The summed E-state index contributed by atoms with van der Waals surface area (Å²) in [4.78, 5) is 0. The van der Waals surface area contributed by atoms with Crippen LogP contribution in [-0.2, 0) is 5.41 Å². The fourth-order valence-electron chi connectivity index (χ4n) is 2.21. The van der Waals surface area contributed by atoms with Gasteiger partial charge in [0.05, 0.1) is 0 Å². The van der Waals surface area contributed by atoms with Crippen LogP contribution in [0.3, 0.4) is 0 Å². The Morgan fingerprint density at radius 3 is 1.82 bits per heavy atom. The van der Waals surface area contributed by atoms with Crippen LogP contribution in [0.25, 0.3) is 0 Å². The smallest absolute Gasteiger partial charge is 0.0452 e. The van der Waals surface area contributed by atoms with Gasteiger partial charge in [0.2, 0.25) is 0 Å². The number of alkyl halides is 2. The van der Waals surface area contributed by atoms with Crippen LogP contribution >= 0.6 is 34.8 Å². The lowest BCUT2D eigenvalue weighted by molar-refractivity contribution is 0.595. The van der Waals surface area contributed by atoms with Crippen LogP contribution in [0.2, 0.25) is 30.7 Å². The maximum absolute atomic E-state index is 6.21. The van der Waals surface area contributed by atoms with Crippen LogP contribution in [-0.4, -0.2) is 19.8 Å².